The number of hydrogen-bond acceptors (Lipinski definition) is 4. The third kappa shape index (κ3) is 1.90. The highest BCUT2D eigenvalue weighted by Gasteiger charge is 2.10. The molecule has 5 heteroatoms. The molecule has 0 aliphatic heterocycles. The average Bonchev–Trinajstić information content (AvgIpc) is 2.92. The minimum absolute atomic E-state index is 0.0123. The Morgan fingerprint density at radius 2 is 2.00 bits per heavy atom. The molecule has 102 valence electrons. The van der Waals surface area contributed by atoms with Crippen molar-refractivity contribution < 1.29 is 5.11 Å². The molecule has 0 fully saturated rings. The van der Waals surface area contributed by atoms with Gasteiger partial charge in [0.15, 0.2) is 5.43 Å². The number of benzene rings is 1. The lowest BCUT2D eigenvalue weighted by atomic mass is 10.1. The number of H-pyrrole nitrogens is 1. The molecule has 0 aliphatic rings. The van der Waals surface area contributed by atoms with E-state index >= 15 is 0 Å². The Bertz CT molecular complexity index is 1030. The molecule has 0 bridgehead atoms. The number of fused-ring (bicyclic) bond motifs is 2. The van der Waals surface area contributed by atoms with Gasteiger partial charge in [-0.3, -0.25) is 4.79 Å². The summed E-state index contributed by atoms with van der Waals surface area (Å²) in [6, 6.07) is 11.0. The van der Waals surface area contributed by atoms with Gasteiger partial charge in [0.25, 0.3) is 0 Å². The fourth-order valence-corrected chi connectivity index (χ4v) is 3.41. The van der Waals surface area contributed by atoms with Gasteiger partial charge in [-0.1, -0.05) is 18.2 Å². The third-order valence-corrected chi connectivity index (χ3v) is 4.40. The Kier molecular flexibility index (Phi) is 2.55. The quantitative estimate of drug-likeness (QED) is 0.564. The van der Waals surface area contributed by atoms with Gasteiger partial charge in [-0.2, -0.15) is 0 Å². The van der Waals surface area contributed by atoms with Gasteiger partial charge in [-0.25, -0.2) is 4.98 Å². The van der Waals surface area contributed by atoms with Crippen LogP contribution in [0.5, 0.6) is 5.75 Å². The molecule has 0 aliphatic carbocycles. The molecule has 3 heterocycles. The predicted molar refractivity (Wildman–Crippen MR) is 84.8 cm³/mol. The van der Waals surface area contributed by atoms with Crippen LogP contribution >= 0.6 is 11.3 Å². The van der Waals surface area contributed by atoms with Crippen LogP contribution in [0.15, 0.2) is 52.8 Å². The average molecular weight is 294 g/mol. The Morgan fingerprint density at radius 1 is 1.14 bits per heavy atom. The maximum atomic E-state index is 12.2. The number of nitrogens with zero attached hydrogens (tertiary/aromatic N) is 1. The summed E-state index contributed by atoms with van der Waals surface area (Å²) < 4.78 is 1.17. The maximum absolute atomic E-state index is 12.2. The van der Waals surface area contributed by atoms with Crippen molar-refractivity contribution in [2.24, 2.45) is 0 Å². The Hall–Kier alpha value is -2.66. The standard InChI is InChI=1S/C16H10N2O2S/c19-9-5-11-14(20)6-13(18-16(11)17-7-9)12-8-21-15-4-2-1-3-10(12)15/h1-8,19H,(H,17,18,20). The molecule has 0 radical (unpaired) electrons. The minimum Gasteiger partial charge on any atom is -0.506 e. The van der Waals surface area contributed by atoms with Crippen LogP contribution in [0.3, 0.4) is 0 Å². The van der Waals surface area contributed by atoms with Gasteiger partial charge >= 0.3 is 0 Å². The number of thiophene rings is 1. The molecular weight excluding hydrogens is 284 g/mol. The third-order valence-electron chi connectivity index (χ3n) is 3.44. The lowest BCUT2D eigenvalue weighted by Gasteiger charge is -2.03. The lowest BCUT2D eigenvalue weighted by molar-refractivity contribution is 0.474. The molecule has 4 aromatic rings. The number of hydrogen-bond donors (Lipinski definition) is 2. The van der Waals surface area contributed by atoms with E-state index in [0.29, 0.717) is 11.0 Å². The summed E-state index contributed by atoms with van der Waals surface area (Å²) in [7, 11) is 0. The van der Waals surface area contributed by atoms with Crippen molar-refractivity contribution >= 4 is 32.5 Å². The molecule has 1 aromatic carbocycles. The van der Waals surface area contributed by atoms with Gasteiger partial charge < -0.3 is 10.1 Å². The summed E-state index contributed by atoms with van der Waals surface area (Å²) in [6.45, 7) is 0. The number of aromatic hydroxyl groups is 1. The van der Waals surface area contributed by atoms with Crippen molar-refractivity contribution in [1.29, 1.82) is 0 Å². The first-order valence-electron chi connectivity index (χ1n) is 6.41. The topological polar surface area (TPSA) is 66.0 Å². The first kappa shape index (κ1) is 12.1. The van der Waals surface area contributed by atoms with Crippen LogP contribution in [-0.4, -0.2) is 15.1 Å². The van der Waals surface area contributed by atoms with Gasteiger partial charge in [0.05, 0.1) is 17.3 Å². The van der Waals surface area contributed by atoms with Crippen molar-refractivity contribution in [2.45, 2.75) is 0 Å². The van der Waals surface area contributed by atoms with Gasteiger partial charge in [0, 0.05) is 27.1 Å². The highest BCUT2D eigenvalue weighted by Crippen LogP contribution is 2.32. The van der Waals surface area contributed by atoms with Crippen LogP contribution in [0.1, 0.15) is 0 Å². The van der Waals surface area contributed by atoms with Crippen LogP contribution in [-0.2, 0) is 0 Å². The van der Waals surface area contributed by atoms with E-state index in [-0.39, 0.29) is 11.2 Å². The normalized spacial score (nSPS) is 11.2. The van der Waals surface area contributed by atoms with E-state index in [1.54, 1.807) is 17.4 Å². The summed E-state index contributed by atoms with van der Waals surface area (Å²) in [5.74, 6) is -0.0123. The van der Waals surface area contributed by atoms with Gasteiger partial charge in [-0.05, 0) is 12.1 Å². The summed E-state index contributed by atoms with van der Waals surface area (Å²) >= 11 is 1.64. The second-order valence-electron chi connectivity index (χ2n) is 4.78. The molecule has 0 atom stereocenters. The molecule has 0 spiro atoms. The molecule has 0 saturated carbocycles. The Labute approximate surface area is 123 Å². The lowest BCUT2D eigenvalue weighted by Crippen LogP contribution is -2.03. The van der Waals surface area contributed by atoms with Gasteiger partial charge in [-0.15, -0.1) is 11.3 Å². The molecule has 0 saturated heterocycles. The van der Waals surface area contributed by atoms with Crippen LogP contribution in [0, 0.1) is 0 Å². The fraction of sp³-hybridized carbons (Fsp3) is 0. The van der Waals surface area contributed by atoms with E-state index in [9.17, 15) is 9.90 Å². The van der Waals surface area contributed by atoms with Crippen molar-refractivity contribution in [2.75, 3.05) is 0 Å². The van der Waals surface area contributed by atoms with E-state index < -0.39 is 0 Å². The SMILES string of the molecule is O=c1cc(-c2csc3ccccc23)[nH]c2ncc(O)cc12. The van der Waals surface area contributed by atoms with Crippen LogP contribution in [0.2, 0.25) is 0 Å². The first-order valence-corrected chi connectivity index (χ1v) is 7.29. The summed E-state index contributed by atoms with van der Waals surface area (Å²) in [4.78, 5) is 19.5. The number of rotatable bonds is 1. The highest BCUT2D eigenvalue weighted by molar-refractivity contribution is 7.17. The van der Waals surface area contributed by atoms with E-state index in [1.807, 2.05) is 23.6 Å². The van der Waals surface area contributed by atoms with E-state index in [1.165, 1.54) is 17.0 Å². The molecule has 0 amide bonds. The fourth-order valence-electron chi connectivity index (χ4n) is 2.45. The smallest absolute Gasteiger partial charge is 0.191 e. The summed E-state index contributed by atoms with van der Waals surface area (Å²) in [5.41, 5.74) is 2.05. The maximum Gasteiger partial charge on any atom is 0.191 e. The zero-order valence-electron chi connectivity index (χ0n) is 10.8. The predicted octanol–water partition coefficient (Wildman–Crippen LogP) is 3.51. The van der Waals surface area contributed by atoms with Gasteiger partial charge in [0.1, 0.15) is 11.4 Å². The molecule has 0 unspecified atom stereocenters. The van der Waals surface area contributed by atoms with Crippen molar-refractivity contribution in [3.8, 4) is 17.0 Å². The molecular formula is C16H10N2O2S. The summed E-state index contributed by atoms with van der Waals surface area (Å²) in [5, 5.41) is 13.0. The van der Waals surface area contributed by atoms with Gasteiger partial charge in [0.2, 0.25) is 0 Å². The van der Waals surface area contributed by atoms with E-state index in [2.05, 4.69) is 16.0 Å². The van der Waals surface area contributed by atoms with Crippen LogP contribution < -0.4 is 5.43 Å². The van der Waals surface area contributed by atoms with Crippen LogP contribution in [0.4, 0.5) is 0 Å². The highest BCUT2D eigenvalue weighted by atomic mass is 32.1. The number of pyridine rings is 2. The van der Waals surface area contributed by atoms with Crippen molar-refractivity contribution in [3.05, 3.63) is 58.2 Å². The first-order chi connectivity index (χ1) is 10.2. The minimum atomic E-state index is -0.155. The van der Waals surface area contributed by atoms with Crippen LogP contribution in [0.25, 0.3) is 32.4 Å². The zero-order valence-corrected chi connectivity index (χ0v) is 11.6. The largest absolute Gasteiger partial charge is 0.506 e. The van der Waals surface area contributed by atoms with E-state index in [4.69, 9.17) is 0 Å². The number of nitrogens with one attached hydrogen (secondary N) is 1. The molecule has 4 nitrogen and oxygen atoms in total. The van der Waals surface area contributed by atoms with Crippen molar-refractivity contribution in [1.82, 2.24) is 9.97 Å². The second kappa shape index (κ2) is 4.43. The van der Waals surface area contributed by atoms with E-state index in [0.717, 1.165) is 16.6 Å². The molecule has 21 heavy (non-hydrogen) atoms. The zero-order chi connectivity index (χ0) is 14.4. The Balaban J connectivity index is 2.03. The molecule has 2 N–H and O–H groups in total. The second-order valence-corrected chi connectivity index (χ2v) is 5.69. The molecule has 4 rings (SSSR count). The summed E-state index contributed by atoms with van der Waals surface area (Å²) in [6.07, 6.45) is 1.33. The van der Waals surface area contributed by atoms with Crippen molar-refractivity contribution in [3.63, 3.8) is 0 Å². The molecule has 3 aromatic heterocycles. The number of aromatic amines is 1. The monoisotopic (exact) mass is 294 g/mol. The number of aromatic nitrogens is 2. The Morgan fingerprint density at radius 3 is 2.90 bits per heavy atom.